The molecule has 0 bridgehead atoms. The molecule has 172 valence electrons. The van der Waals surface area contributed by atoms with E-state index in [0.717, 1.165) is 47.0 Å². The number of anilines is 1. The van der Waals surface area contributed by atoms with Crippen molar-refractivity contribution in [3.63, 3.8) is 0 Å². The number of benzene rings is 1. The van der Waals surface area contributed by atoms with E-state index >= 15 is 0 Å². The summed E-state index contributed by atoms with van der Waals surface area (Å²) in [6.07, 6.45) is 4.78. The molecule has 9 nitrogen and oxygen atoms in total. The highest BCUT2D eigenvalue weighted by atomic mass is 32.2. The van der Waals surface area contributed by atoms with Gasteiger partial charge in [0, 0.05) is 26.2 Å². The summed E-state index contributed by atoms with van der Waals surface area (Å²) in [6.45, 7) is 6.42. The smallest absolute Gasteiger partial charge is 0.262 e. The highest BCUT2D eigenvalue weighted by Gasteiger charge is 2.32. The highest BCUT2D eigenvalue weighted by molar-refractivity contribution is 7.98. The maximum absolute atomic E-state index is 12.8. The third kappa shape index (κ3) is 3.51. The van der Waals surface area contributed by atoms with Crippen molar-refractivity contribution in [1.29, 1.82) is 0 Å². The number of nitrogens with zero attached hydrogens (tertiary/aromatic N) is 8. The van der Waals surface area contributed by atoms with Crippen molar-refractivity contribution in [2.75, 3.05) is 18.0 Å². The van der Waals surface area contributed by atoms with Gasteiger partial charge in [-0.1, -0.05) is 30.3 Å². The highest BCUT2D eigenvalue weighted by Crippen LogP contribution is 2.42. The largest absolute Gasteiger partial charge is 0.341 e. The summed E-state index contributed by atoms with van der Waals surface area (Å²) >= 11 is 1.65. The Hall–Kier alpha value is -2.88. The summed E-state index contributed by atoms with van der Waals surface area (Å²) in [6, 6.07) is 6.44. The summed E-state index contributed by atoms with van der Waals surface area (Å²) in [5.74, 6) is 3.76. The van der Waals surface area contributed by atoms with Gasteiger partial charge in [0.2, 0.25) is 11.7 Å². The Kier molecular flexibility index (Phi) is 4.93. The van der Waals surface area contributed by atoms with Crippen molar-refractivity contribution in [2.45, 2.75) is 56.5 Å². The fraction of sp³-hybridized carbons (Fsp3) is 0.522. The Morgan fingerprint density at radius 1 is 1.06 bits per heavy atom. The number of hydrogen-bond acceptors (Lipinski definition) is 7. The maximum atomic E-state index is 12.8. The Morgan fingerprint density at radius 2 is 1.85 bits per heavy atom. The number of thioether (sulfide) groups is 1. The topological polar surface area (TPSA) is 86.1 Å². The molecule has 1 aromatic carbocycles. The number of piperidine rings is 1. The minimum Gasteiger partial charge on any atom is -0.341 e. The molecule has 4 heterocycles. The molecule has 1 saturated heterocycles. The van der Waals surface area contributed by atoms with Crippen molar-refractivity contribution in [1.82, 2.24) is 33.9 Å². The van der Waals surface area contributed by atoms with Gasteiger partial charge in [0.15, 0.2) is 5.16 Å². The van der Waals surface area contributed by atoms with Gasteiger partial charge in [-0.25, -0.2) is 0 Å². The summed E-state index contributed by atoms with van der Waals surface area (Å²) in [5.41, 5.74) is 1.84. The molecule has 0 radical (unpaired) electrons. The fourth-order valence-corrected chi connectivity index (χ4v) is 5.64. The van der Waals surface area contributed by atoms with Crippen molar-refractivity contribution in [3.05, 3.63) is 39.9 Å². The van der Waals surface area contributed by atoms with E-state index in [-0.39, 0.29) is 5.56 Å². The molecule has 0 atom stereocenters. The number of aryl methyl sites for hydroxylation is 2. The first-order valence-electron chi connectivity index (χ1n) is 11.7. The predicted octanol–water partition coefficient (Wildman–Crippen LogP) is 3.34. The Labute approximate surface area is 195 Å². The standard InChI is InChI=1S/C23H28N8OS/c1-14-8-10-29(11-9-14)22-26-27-23(30(22)16-5-6-16)33-13-19-24-25-21-28(3)20(32)17-12-15(2)4-7-18(17)31(19)21/h4,7,12,14,16H,5-6,8-11,13H2,1-3H3. The first-order chi connectivity index (χ1) is 16.0. The second-order valence-electron chi connectivity index (χ2n) is 9.48. The molecule has 0 amide bonds. The van der Waals surface area contributed by atoms with Crippen LogP contribution >= 0.6 is 11.8 Å². The lowest BCUT2D eigenvalue weighted by Gasteiger charge is -2.31. The van der Waals surface area contributed by atoms with E-state index in [9.17, 15) is 4.79 Å². The molecule has 0 spiro atoms. The zero-order valence-corrected chi connectivity index (χ0v) is 20.0. The molecule has 1 saturated carbocycles. The van der Waals surface area contributed by atoms with E-state index in [1.54, 1.807) is 23.4 Å². The molecular weight excluding hydrogens is 436 g/mol. The first kappa shape index (κ1) is 20.7. The maximum Gasteiger partial charge on any atom is 0.262 e. The van der Waals surface area contributed by atoms with E-state index in [4.69, 9.17) is 0 Å². The van der Waals surface area contributed by atoms with Crippen LogP contribution in [-0.2, 0) is 12.8 Å². The first-order valence-corrected chi connectivity index (χ1v) is 12.7. The second-order valence-corrected chi connectivity index (χ2v) is 10.4. The summed E-state index contributed by atoms with van der Waals surface area (Å²) in [5, 5.41) is 19.6. The molecule has 0 unspecified atom stereocenters. The molecule has 6 rings (SSSR count). The van der Waals surface area contributed by atoms with Gasteiger partial charge in [-0.2, -0.15) is 0 Å². The lowest BCUT2D eigenvalue weighted by atomic mass is 10.00. The normalized spacial score (nSPS) is 17.5. The number of hydrogen-bond donors (Lipinski definition) is 0. The van der Waals surface area contributed by atoms with Crippen LogP contribution in [0.5, 0.6) is 0 Å². The van der Waals surface area contributed by atoms with Crippen LogP contribution in [0.2, 0.25) is 0 Å². The number of fused-ring (bicyclic) bond motifs is 3. The average Bonchev–Trinajstić information content (AvgIpc) is 3.42. The van der Waals surface area contributed by atoms with Crippen LogP contribution in [0.15, 0.2) is 28.2 Å². The third-order valence-electron chi connectivity index (χ3n) is 6.90. The summed E-state index contributed by atoms with van der Waals surface area (Å²) < 4.78 is 5.90. The van der Waals surface area contributed by atoms with Crippen molar-refractivity contribution in [3.8, 4) is 0 Å². The molecular formula is C23H28N8OS. The van der Waals surface area contributed by atoms with E-state index in [1.165, 1.54) is 25.7 Å². The minimum absolute atomic E-state index is 0.0539. The van der Waals surface area contributed by atoms with E-state index in [2.05, 4.69) is 36.8 Å². The lowest BCUT2D eigenvalue weighted by Crippen LogP contribution is -2.34. The Bertz CT molecular complexity index is 1410. The van der Waals surface area contributed by atoms with Gasteiger partial charge in [-0.05, 0) is 50.7 Å². The average molecular weight is 465 g/mol. The van der Waals surface area contributed by atoms with Crippen molar-refractivity contribution in [2.24, 2.45) is 13.0 Å². The number of rotatable bonds is 5. The Balaban J connectivity index is 1.35. The van der Waals surface area contributed by atoms with Crippen LogP contribution in [0, 0.1) is 12.8 Å². The van der Waals surface area contributed by atoms with Gasteiger partial charge in [-0.15, -0.1) is 20.4 Å². The molecule has 2 fully saturated rings. The minimum atomic E-state index is -0.0539. The predicted molar refractivity (Wildman–Crippen MR) is 129 cm³/mol. The van der Waals surface area contributed by atoms with E-state index in [1.807, 2.05) is 29.5 Å². The molecule has 10 heteroatoms. The third-order valence-corrected chi connectivity index (χ3v) is 7.84. The zero-order chi connectivity index (χ0) is 22.7. The SMILES string of the molecule is Cc1ccc2c(c1)c(=O)n(C)c1nnc(CSc3nnc(N4CCC(C)CC4)n3C3CC3)n21. The van der Waals surface area contributed by atoms with Crippen LogP contribution in [-0.4, -0.2) is 47.0 Å². The van der Waals surface area contributed by atoms with Crippen LogP contribution in [0.3, 0.4) is 0 Å². The fourth-order valence-electron chi connectivity index (χ4n) is 4.73. The van der Waals surface area contributed by atoms with E-state index < -0.39 is 0 Å². The van der Waals surface area contributed by atoms with Crippen molar-refractivity contribution >= 4 is 34.4 Å². The van der Waals surface area contributed by atoms with Crippen LogP contribution < -0.4 is 10.5 Å². The molecule has 3 aromatic heterocycles. The summed E-state index contributed by atoms with van der Waals surface area (Å²) in [4.78, 5) is 15.2. The van der Waals surface area contributed by atoms with Gasteiger partial charge >= 0.3 is 0 Å². The van der Waals surface area contributed by atoms with Crippen LogP contribution in [0.1, 0.15) is 50.0 Å². The molecule has 2 aliphatic rings. The molecule has 1 aliphatic carbocycles. The number of aromatic nitrogens is 7. The van der Waals surface area contributed by atoms with E-state index in [0.29, 0.717) is 23.0 Å². The molecule has 0 N–H and O–H groups in total. The van der Waals surface area contributed by atoms with Gasteiger partial charge in [-0.3, -0.25) is 18.3 Å². The van der Waals surface area contributed by atoms with Gasteiger partial charge in [0.1, 0.15) is 5.82 Å². The van der Waals surface area contributed by atoms with Crippen molar-refractivity contribution < 1.29 is 0 Å². The van der Waals surface area contributed by atoms with Crippen LogP contribution in [0.25, 0.3) is 16.7 Å². The lowest BCUT2D eigenvalue weighted by molar-refractivity contribution is 0.429. The molecule has 4 aromatic rings. The Morgan fingerprint density at radius 3 is 2.61 bits per heavy atom. The van der Waals surface area contributed by atoms with Gasteiger partial charge < -0.3 is 4.90 Å². The van der Waals surface area contributed by atoms with Crippen LogP contribution in [0.4, 0.5) is 5.95 Å². The monoisotopic (exact) mass is 464 g/mol. The zero-order valence-electron chi connectivity index (χ0n) is 19.2. The quantitative estimate of drug-likeness (QED) is 0.419. The van der Waals surface area contributed by atoms with Gasteiger partial charge in [0.05, 0.1) is 16.7 Å². The molecule has 1 aliphatic heterocycles. The summed E-state index contributed by atoms with van der Waals surface area (Å²) in [7, 11) is 1.75. The molecule has 33 heavy (non-hydrogen) atoms. The van der Waals surface area contributed by atoms with Gasteiger partial charge in [0.25, 0.3) is 5.56 Å². The second kappa shape index (κ2) is 7.86.